The van der Waals surface area contributed by atoms with Crippen molar-refractivity contribution in [2.75, 3.05) is 11.5 Å². The monoisotopic (exact) mass is 492 g/mol. The van der Waals surface area contributed by atoms with Crippen molar-refractivity contribution in [1.29, 1.82) is 0 Å². The van der Waals surface area contributed by atoms with Crippen LogP contribution in [0.4, 0.5) is 0 Å². The van der Waals surface area contributed by atoms with E-state index in [1.54, 1.807) is 40.5 Å². The maximum absolute atomic E-state index is 13.3. The van der Waals surface area contributed by atoms with E-state index < -0.39 is 0 Å². The fourth-order valence-electron chi connectivity index (χ4n) is 3.75. The molecule has 0 bridgehead atoms. The van der Waals surface area contributed by atoms with Gasteiger partial charge in [-0.3, -0.25) is 13.9 Å². The number of nitrogens with zero attached hydrogens (tertiary/aromatic N) is 4. The molecule has 8 heteroatoms. The third kappa shape index (κ3) is 6.39. The summed E-state index contributed by atoms with van der Waals surface area (Å²) in [6, 6.07) is 19.2. The van der Waals surface area contributed by atoms with Crippen LogP contribution in [0.1, 0.15) is 25.7 Å². The van der Waals surface area contributed by atoms with E-state index in [-0.39, 0.29) is 11.2 Å². The summed E-state index contributed by atoms with van der Waals surface area (Å²) in [6.07, 6.45) is 7.10. The minimum absolute atomic E-state index is 0.195. The Hall–Kier alpha value is -2.84. The number of hydrogen-bond acceptors (Lipinski definition) is 6. The van der Waals surface area contributed by atoms with Crippen LogP contribution in [-0.4, -0.2) is 30.6 Å². The van der Waals surface area contributed by atoms with Crippen molar-refractivity contribution < 1.29 is 0 Å². The second-order valence-corrected chi connectivity index (χ2v) is 10.1. The summed E-state index contributed by atoms with van der Waals surface area (Å²) in [6.45, 7) is 1.03. The number of fused-ring (bicyclic) bond motifs is 1. The Balaban J connectivity index is 1.38. The minimum Gasteiger partial charge on any atom is -0.293 e. The van der Waals surface area contributed by atoms with Gasteiger partial charge in [0, 0.05) is 25.5 Å². The summed E-state index contributed by atoms with van der Waals surface area (Å²) in [5, 5.41) is 2.61. The lowest BCUT2D eigenvalue weighted by Crippen LogP contribution is -2.40. The third-order valence-corrected chi connectivity index (χ3v) is 7.52. The van der Waals surface area contributed by atoms with Crippen molar-refractivity contribution in [3.8, 4) is 0 Å². The molecule has 4 rings (SSSR count). The number of para-hydroxylation sites is 1. The first-order chi connectivity index (χ1) is 16.7. The third-order valence-electron chi connectivity index (χ3n) is 5.46. The Morgan fingerprint density at radius 3 is 1.79 bits per heavy atom. The largest absolute Gasteiger partial charge is 0.331 e. The van der Waals surface area contributed by atoms with Crippen LogP contribution in [0.2, 0.25) is 0 Å². The highest BCUT2D eigenvalue weighted by molar-refractivity contribution is 7.99. The van der Waals surface area contributed by atoms with Gasteiger partial charge in [-0.15, -0.1) is 23.5 Å². The molecule has 0 N–H and O–H groups in total. The van der Waals surface area contributed by atoms with Crippen LogP contribution in [0.25, 0.3) is 10.9 Å². The Morgan fingerprint density at radius 2 is 1.21 bits per heavy atom. The van der Waals surface area contributed by atoms with E-state index in [1.165, 1.54) is 4.57 Å². The van der Waals surface area contributed by atoms with Crippen LogP contribution >= 0.6 is 23.5 Å². The van der Waals surface area contributed by atoms with Gasteiger partial charge < -0.3 is 0 Å². The highest BCUT2D eigenvalue weighted by atomic mass is 32.2. The molecule has 1 aromatic carbocycles. The normalized spacial score (nSPS) is 11.2. The van der Waals surface area contributed by atoms with Crippen LogP contribution in [-0.2, 0) is 13.1 Å². The van der Waals surface area contributed by atoms with Crippen molar-refractivity contribution in [3.63, 3.8) is 0 Å². The number of pyridine rings is 2. The molecule has 0 aliphatic rings. The van der Waals surface area contributed by atoms with E-state index in [0.717, 1.165) is 52.8 Å². The molecule has 0 amide bonds. The predicted molar refractivity (Wildman–Crippen MR) is 141 cm³/mol. The van der Waals surface area contributed by atoms with Crippen molar-refractivity contribution in [3.05, 3.63) is 93.9 Å². The number of aryl methyl sites for hydroxylation is 1. The molecule has 4 aromatic rings. The van der Waals surface area contributed by atoms with Crippen molar-refractivity contribution in [1.82, 2.24) is 19.1 Å². The average Bonchev–Trinajstić information content (AvgIpc) is 2.88. The van der Waals surface area contributed by atoms with Crippen molar-refractivity contribution in [2.45, 2.75) is 48.8 Å². The van der Waals surface area contributed by atoms with Crippen LogP contribution in [0, 0.1) is 0 Å². The lowest BCUT2D eigenvalue weighted by atomic mass is 10.2. The highest BCUT2D eigenvalue weighted by Crippen LogP contribution is 2.17. The molecular formula is C26H28N4O2S2. The van der Waals surface area contributed by atoms with Gasteiger partial charge in [-0.2, -0.15) is 0 Å². The minimum atomic E-state index is -0.210. The molecule has 0 spiro atoms. The van der Waals surface area contributed by atoms with Crippen molar-refractivity contribution >= 4 is 34.4 Å². The number of thioether (sulfide) groups is 2. The Morgan fingerprint density at radius 1 is 0.647 bits per heavy atom. The van der Waals surface area contributed by atoms with Gasteiger partial charge in [-0.1, -0.05) is 24.3 Å². The number of aromatic nitrogens is 4. The van der Waals surface area contributed by atoms with E-state index in [0.29, 0.717) is 18.5 Å². The standard InChI is InChI=1S/C26H28N4O2S2/c31-25-21-11-1-2-12-22(21)29(17-7-9-19-33-23-13-3-5-15-27-23)26(32)30(25)18-8-10-20-34-24-14-4-6-16-28-24/h1-6,11-16H,7-10,17-20H2. The van der Waals surface area contributed by atoms with Gasteiger partial charge in [-0.05, 0) is 73.6 Å². The van der Waals surface area contributed by atoms with E-state index in [4.69, 9.17) is 0 Å². The quantitative estimate of drug-likeness (QED) is 0.202. The van der Waals surface area contributed by atoms with Gasteiger partial charge in [0.15, 0.2) is 0 Å². The first kappa shape index (κ1) is 24.3. The fourth-order valence-corrected chi connectivity index (χ4v) is 5.48. The molecule has 0 unspecified atom stereocenters. The Bertz CT molecular complexity index is 1310. The Kier molecular flexibility index (Phi) is 8.98. The summed E-state index contributed by atoms with van der Waals surface area (Å²) in [7, 11) is 0. The molecule has 6 nitrogen and oxygen atoms in total. The first-order valence-electron chi connectivity index (χ1n) is 11.5. The molecule has 0 saturated heterocycles. The summed E-state index contributed by atoms with van der Waals surface area (Å²) in [5.74, 6) is 1.85. The van der Waals surface area contributed by atoms with Crippen molar-refractivity contribution in [2.24, 2.45) is 0 Å². The molecule has 3 aromatic heterocycles. The van der Waals surface area contributed by atoms with E-state index >= 15 is 0 Å². The van der Waals surface area contributed by atoms with Crippen LogP contribution < -0.4 is 11.2 Å². The molecule has 0 saturated carbocycles. The first-order valence-corrected chi connectivity index (χ1v) is 13.5. The van der Waals surface area contributed by atoms with E-state index in [1.807, 2.05) is 60.7 Å². The molecule has 0 radical (unpaired) electrons. The summed E-state index contributed by atoms with van der Waals surface area (Å²) < 4.78 is 3.18. The molecule has 0 aliphatic heterocycles. The predicted octanol–water partition coefficient (Wildman–Crippen LogP) is 5.10. The number of benzene rings is 1. The van der Waals surface area contributed by atoms with Gasteiger partial charge in [0.1, 0.15) is 0 Å². The van der Waals surface area contributed by atoms with Gasteiger partial charge in [0.2, 0.25) is 0 Å². The van der Waals surface area contributed by atoms with Gasteiger partial charge in [0.25, 0.3) is 5.56 Å². The SMILES string of the molecule is O=c1c2ccccc2n(CCCCSc2ccccn2)c(=O)n1CCCCSc1ccccn1. The molecule has 0 aliphatic carbocycles. The van der Waals surface area contributed by atoms with E-state index in [9.17, 15) is 9.59 Å². The number of unbranched alkanes of at least 4 members (excludes halogenated alkanes) is 2. The molecule has 176 valence electrons. The topological polar surface area (TPSA) is 69.8 Å². The zero-order chi connectivity index (χ0) is 23.6. The van der Waals surface area contributed by atoms with Gasteiger partial charge in [-0.25, -0.2) is 14.8 Å². The zero-order valence-corrected chi connectivity index (χ0v) is 20.6. The zero-order valence-electron chi connectivity index (χ0n) is 19.0. The molecular weight excluding hydrogens is 464 g/mol. The Labute approximate surface area is 207 Å². The molecule has 34 heavy (non-hydrogen) atoms. The van der Waals surface area contributed by atoms with Gasteiger partial charge >= 0.3 is 5.69 Å². The molecule has 0 atom stereocenters. The lowest BCUT2D eigenvalue weighted by molar-refractivity contribution is 0.534. The fraction of sp³-hybridized carbons (Fsp3) is 0.308. The van der Waals surface area contributed by atoms with Crippen LogP contribution in [0.15, 0.2) is 92.7 Å². The second kappa shape index (κ2) is 12.6. The van der Waals surface area contributed by atoms with Gasteiger partial charge in [0.05, 0.1) is 21.0 Å². The number of hydrogen-bond donors (Lipinski definition) is 0. The second-order valence-electron chi connectivity index (χ2n) is 7.86. The smallest absolute Gasteiger partial charge is 0.293 e. The van der Waals surface area contributed by atoms with Crippen LogP contribution in [0.3, 0.4) is 0 Å². The molecule has 0 fully saturated rings. The van der Waals surface area contributed by atoms with Crippen LogP contribution in [0.5, 0.6) is 0 Å². The average molecular weight is 493 g/mol. The van der Waals surface area contributed by atoms with E-state index in [2.05, 4.69) is 9.97 Å². The molecule has 3 heterocycles. The maximum Gasteiger partial charge on any atom is 0.331 e. The maximum atomic E-state index is 13.3. The lowest BCUT2D eigenvalue weighted by Gasteiger charge is -2.14. The number of rotatable bonds is 12. The summed E-state index contributed by atoms with van der Waals surface area (Å²) in [4.78, 5) is 35.0. The summed E-state index contributed by atoms with van der Waals surface area (Å²) >= 11 is 3.42. The highest BCUT2D eigenvalue weighted by Gasteiger charge is 2.12. The summed E-state index contributed by atoms with van der Waals surface area (Å²) in [5.41, 5.74) is 0.315.